The summed E-state index contributed by atoms with van der Waals surface area (Å²) in [7, 11) is 0. The summed E-state index contributed by atoms with van der Waals surface area (Å²) in [6.45, 7) is 1.30. The highest BCUT2D eigenvalue weighted by molar-refractivity contribution is 6.06. The van der Waals surface area contributed by atoms with E-state index >= 15 is 0 Å². The molecule has 0 aliphatic rings. The number of hydrogen-bond donors (Lipinski definition) is 0. The summed E-state index contributed by atoms with van der Waals surface area (Å²) >= 11 is 0. The molecule has 0 unspecified atom stereocenters. The van der Waals surface area contributed by atoms with Crippen LogP contribution in [0, 0.1) is 0 Å². The summed E-state index contributed by atoms with van der Waals surface area (Å²) in [5.74, 6) is 2.06. The van der Waals surface area contributed by atoms with E-state index in [2.05, 4.69) is 0 Å². The van der Waals surface area contributed by atoms with Crippen LogP contribution in [0.15, 0.2) is 92.9 Å². The van der Waals surface area contributed by atoms with E-state index < -0.39 is 0 Å². The van der Waals surface area contributed by atoms with E-state index in [1.807, 2.05) is 18.2 Å². The number of unbranched alkanes of at least 4 members (excludes halogenated alkanes) is 5. The predicted molar refractivity (Wildman–Crippen MR) is 140 cm³/mol. The lowest BCUT2D eigenvalue weighted by Crippen LogP contribution is -2.00. The first kappa shape index (κ1) is 25.0. The van der Waals surface area contributed by atoms with Gasteiger partial charge in [0.2, 0.25) is 0 Å². The molecule has 0 bridgehead atoms. The molecule has 0 spiro atoms. The van der Waals surface area contributed by atoms with E-state index in [1.165, 1.54) is 18.4 Å². The Hall–Kier alpha value is -4.06. The Bertz CT molecular complexity index is 1320. The molecule has 0 aliphatic heterocycles. The van der Waals surface area contributed by atoms with Crippen LogP contribution in [0.3, 0.4) is 0 Å². The Balaban J connectivity index is 1.04. The third kappa shape index (κ3) is 7.47. The lowest BCUT2D eigenvalue weighted by molar-refractivity contribution is 0.104. The minimum Gasteiger partial charge on any atom is -0.494 e. The molecule has 0 saturated carbocycles. The molecular formula is C30H30O6. The second-order valence-electron chi connectivity index (χ2n) is 8.50. The molecule has 186 valence electrons. The molecule has 36 heavy (non-hydrogen) atoms. The standard InChI is InChI=1S/C30H30O6/c31-28(16-14-24-8-7-20-34-24)23-9-11-25(12-10-23)33-18-5-3-1-2-4-6-19-35-26-13-15-27-29(32)17-21-36-30(27)22-26/h7-17,20-22H,1-6,18-19H2/b16-14+. The molecular weight excluding hydrogens is 456 g/mol. The Morgan fingerprint density at radius 3 is 2.17 bits per heavy atom. The van der Waals surface area contributed by atoms with Crippen molar-refractivity contribution in [2.24, 2.45) is 0 Å². The lowest BCUT2D eigenvalue weighted by Gasteiger charge is -2.08. The van der Waals surface area contributed by atoms with Gasteiger partial charge in [-0.2, -0.15) is 0 Å². The molecule has 0 N–H and O–H groups in total. The molecule has 0 fully saturated rings. The normalized spacial score (nSPS) is 11.2. The van der Waals surface area contributed by atoms with Gasteiger partial charge in [0.15, 0.2) is 11.2 Å². The van der Waals surface area contributed by atoms with E-state index in [9.17, 15) is 9.59 Å². The maximum absolute atomic E-state index is 12.2. The minimum absolute atomic E-state index is 0.0480. The van der Waals surface area contributed by atoms with Gasteiger partial charge in [0.25, 0.3) is 0 Å². The summed E-state index contributed by atoms with van der Waals surface area (Å²) in [5, 5.41) is 0.565. The molecule has 4 rings (SSSR count). The van der Waals surface area contributed by atoms with Crippen LogP contribution >= 0.6 is 0 Å². The van der Waals surface area contributed by atoms with Crippen molar-refractivity contribution in [1.82, 2.24) is 0 Å². The molecule has 4 aromatic rings. The summed E-state index contributed by atoms with van der Waals surface area (Å²) in [4.78, 5) is 24.0. The summed E-state index contributed by atoms with van der Waals surface area (Å²) < 4.78 is 22.2. The van der Waals surface area contributed by atoms with E-state index in [0.717, 1.165) is 50.0 Å². The number of benzene rings is 2. The van der Waals surface area contributed by atoms with Crippen molar-refractivity contribution in [3.8, 4) is 11.5 Å². The van der Waals surface area contributed by atoms with Gasteiger partial charge < -0.3 is 18.3 Å². The monoisotopic (exact) mass is 486 g/mol. The molecule has 6 nitrogen and oxygen atoms in total. The smallest absolute Gasteiger partial charge is 0.192 e. The second-order valence-corrected chi connectivity index (χ2v) is 8.50. The molecule has 0 amide bonds. The number of ether oxygens (including phenoxy) is 2. The number of rotatable bonds is 14. The number of furan rings is 1. The van der Waals surface area contributed by atoms with Crippen LogP contribution < -0.4 is 14.9 Å². The van der Waals surface area contributed by atoms with Crippen LogP contribution in [0.2, 0.25) is 0 Å². The van der Waals surface area contributed by atoms with Crippen LogP contribution in [0.4, 0.5) is 0 Å². The van der Waals surface area contributed by atoms with Crippen LogP contribution in [0.1, 0.15) is 54.6 Å². The van der Waals surface area contributed by atoms with Crippen molar-refractivity contribution in [2.45, 2.75) is 38.5 Å². The number of carbonyl (C=O) groups excluding carboxylic acids is 1. The fourth-order valence-electron chi connectivity index (χ4n) is 3.80. The van der Waals surface area contributed by atoms with Gasteiger partial charge in [-0.05, 0) is 73.5 Å². The number of hydrogen-bond acceptors (Lipinski definition) is 6. The van der Waals surface area contributed by atoms with Gasteiger partial charge in [0, 0.05) is 17.7 Å². The van der Waals surface area contributed by atoms with Crippen LogP contribution in [-0.4, -0.2) is 19.0 Å². The molecule has 2 aromatic heterocycles. The van der Waals surface area contributed by atoms with Crippen molar-refractivity contribution in [1.29, 1.82) is 0 Å². The van der Waals surface area contributed by atoms with Crippen molar-refractivity contribution in [3.63, 3.8) is 0 Å². The fraction of sp³-hybridized carbons (Fsp3) is 0.267. The van der Waals surface area contributed by atoms with Crippen molar-refractivity contribution >= 4 is 22.8 Å². The summed E-state index contributed by atoms with van der Waals surface area (Å²) in [6, 6.07) is 17.5. The lowest BCUT2D eigenvalue weighted by atomic mass is 10.1. The maximum Gasteiger partial charge on any atom is 0.192 e. The third-order valence-electron chi connectivity index (χ3n) is 5.79. The molecule has 2 aromatic carbocycles. The first-order chi connectivity index (χ1) is 17.7. The maximum atomic E-state index is 12.2. The Labute approximate surface area is 210 Å². The number of allylic oxidation sites excluding steroid dienone is 1. The Morgan fingerprint density at radius 2 is 1.44 bits per heavy atom. The molecule has 2 heterocycles. The predicted octanol–water partition coefficient (Wildman–Crippen LogP) is 7.08. The number of carbonyl (C=O) groups is 1. The quantitative estimate of drug-likeness (QED) is 0.108. The minimum atomic E-state index is -0.0750. The van der Waals surface area contributed by atoms with E-state index in [-0.39, 0.29) is 11.2 Å². The average Bonchev–Trinajstić information content (AvgIpc) is 3.43. The largest absolute Gasteiger partial charge is 0.494 e. The number of ketones is 1. The first-order valence-corrected chi connectivity index (χ1v) is 12.3. The topological polar surface area (TPSA) is 78.9 Å². The van der Waals surface area contributed by atoms with Gasteiger partial charge in [-0.25, -0.2) is 0 Å². The Kier molecular flexibility index (Phi) is 9.14. The first-order valence-electron chi connectivity index (χ1n) is 12.3. The SMILES string of the molecule is O=C(/C=C/c1ccco1)c1ccc(OCCCCCCCCOc2ccc3c(=O)ccoc3c2)cc1. The molecule has 0 radical (unpaired) electrons. The Morgan fingerprint density at radius 1 is 0.750 bits per heavy atom. The van der Waals surface area contributed by atoms with Gasteiger partial charge in [0.1, 0.15) is 22.8 Å². The zero-order valence-electron chi connectivity index (χ0n) is 20.2. The van der Waals surface area contributed by atoms with Gasteiger partial charge >= 0.3 is 0 Å². The van der Waals surface area contributed by atoms with E-state index in [4.69, 9.17) is 18.3 Å². The van der Waals surface area contributed by atoms with Crippen LogP contribution in [-0.2, 0) is 0 Å². The third-order valence-corrected chi connectivity index (χ3v) is 5.79. The van der Waals surface area contributed by atoms with Crippen molar-refractivity contribution in [2.75, 3.05) is 13.2 Å². The number of fused-ring (bicyclic) bond motifs is 1. The van der Waals surface area contributed by atoms with Crippen LogP contribution in [0.5, 0.6) is 11.5 Å². The summed E-state index contributed by atoms with van der Waals surface area (Å²) in [5.41, 5.74) is 1.11. The molecule has 0 aliphatic carbocycles. The van der Waals surface area contributed by atoms with Gasteiger partial charge in [0.05, 0.1) is 31.1 Å². The summed E-state index contributed by atoms with van der Waals surface area (Å²) in [6.07, 6.45) is 12.6. The van der Waals surface area contributed by atoms with Crippen LogP contribution in [0.25, 0.3) is 17.0 Å². The zero-order chi connectivity index (χ0) is 25.0. The highest BCUT2D eigenvalue weighted by atomic mass is 16.5. The van der Waals surface area contributed by atoms with Gasteiger partial charge in [-0.3, -0.25) is 9.59 Å². The average molecular weight is 487 g/mol. The van der Waals surface area contributed by atoms with Gasteiger partial charge in [-0.1, -0.05) is 25.7 Å². The second kappa shape index (κ2) is 13.1. The molecule has 6 heteroatoms. The molecule has 0 saturated heterocycles. The molecule has 0 atom stereocenters. The van der Waals surface area contributed by atoms with Crippen molar-refractivity contribution in [3.05, 3.63) is 101 Å². The highest BCUT2D eigenvalue weighted by Crippen LogP contribution is 2.19. The van der Waals surface area contributed by atoms with Crippen molar-refractivity contribution < 1.29 is 23.1 Å². The van der Waals surface area contributed by atoms with Gasteiger partial charge in [-0.15, -0.1) is 0 Å². The fourth-order valence-corrected chi connectivity index (χ4v) is 3.80. The van der Waals surface area contributed by atoms with E-state index in [1.54, 1.807) is 48.7 Å². The zero-order valence-corrected chi connectivity index (χ0v) is 20.2. The highest BCUT2D eigenvalue weighted by Gasteiger charge is 2.04. The van der Waals surface area contributed by atoms with E-state index in [0.29, 0.717) is 35.5 Å².